The zero-order chi connectivity index (χ0) is 10.4. The fourth-order valence-electron chi connectivity index (χ4n) is 3.43. The topological polar surface area (TPSA) is 56.4 Å². The predicted molar refractivity (Wildman–Crippen MR) is 53.0 cm³/mol. The molecule has 3 heteroatoms. The zero-order valence-electron chi connectivity index (χ0n) is 8.75. The summed E-state index contributed by atoms with van der Waals surface area (Å²) in [5.74, 6) is 0.540. The number of hydrogen-bond acceptors (Lipinski definition) is 3. The second kappa shape index (κ2) is 2.73. The molecule has 0 heterocycles. The Labute approximate surface area is 84.4 Å². The van der Waals surface area contributed by atoms with Gasteiger partial charge in [0.05, 0.1) is 11.8 Å². The third kappa shape index (κ3) is 0.841. The molecule has 3 atom stereocenters. The van der Waals surface area contributed by atoms with Crippen LogP contribution in [0.3, 0.4) is 0 Å². The Hall–Kier alpha value is -1.04. The summed E-state index contributed by atoms with van der Waals surface area (Å²) in [5.41, 5.74) is 0.900. The number of oxime groups is 1. The van der Waals surface area contributed by atoms with E-state index in [1.54, 1.807) is 0 Å². The van der Waals surface area contributed by atoms with Gasteiger partial charge in [0.15, 0.2) is 0 Å². The summed E-state index contributed by atoms with van der Waals surface area (Å²) >= 11 is 0. The van der Waals surface area contributed by atoms with Crippen molar-refractivity contribution in [2.75, 3.05) is 0 Å². The van der Waals surface area contributed by atoms with Crippen molar-refractivity contribution in [1.82, 2.24) is 0 Å². The number of rotatable bonds is 1. The molecular weight excluding hydrogens is 176 g/mol. The maximum atomic E-state index is 8.96. The van der Waals surface area contributed by atoms with Gasteiger partial charge in [0, 0.05) is 11.8 Å². The lowest BCUT2D eigenvalue weighted by Gasteiger charge is -2.35. The molecule has 3 nitrogen and oxygen atoms in total. The van der Waals surface area contributed by atoms with E-state index in [0.29, 0.717) is 12.3 Å². The summed E-state index contributed by atoms with van der Waals surface area (Å²) in [6, 6.07) is 2.28. The van der Waals surface area contributed by atoms with E-state index >= 15 is 0 Å². The highest BCUT2D eigenvalue weighted by atomic mass is 16.4. The van der Waals surface area contributed by atoms with E-state index in [-0.39, 0.29) is 10.8 Å². The van der Waals surface area contributed by atoms with Crippen molar-refractivity contribution in [2.45, 2.75) is 39.5 Å². The normalized spacial score (nSPS) is 48.4. The summed E-state index contributed by atoms with van der Waals surface area (Å²) < 4.78 is 0. The van der Waals surface area contributed by atoms with Gasteiger partial charge in [-0.25, -0.2) is 0 Å². The maximum Gasteiger partial charge on any atom is 0.0638 e. The third-order valence-electron chi connectivity index (χ3n) is 4.80. The Balaban J connectivity index is 2.43. The van der Waals surface area contributed by atoms with Gasteiger partial charge in [-0.15, -0.1) is 0 Å². The van der Waals surface area contributed by atoms with Gasteiger partial charge in [0.1, 0.15) is 0 Å². The zero-order valence-corrected chi connectivity index (χ0v) is 8.75. The van der Waals surface area contributed by atoms with E-state index in [4.69, 9.17) is 10.5 Å². The Kier molecular flexibility index (Phi) is 1.85. The van der Waals surface area contributed by atoms with Crippen molar-refractivity contribution >= 4 is 5.71 Å². The average molecular weight is 192 g/mol. The van der Waals surface area contributed by atoms with E-state index in [9.17, 15) is 0 Å². The Morgan fingerprint density at radius 2 is 2.36 bits per heavy atom. The van der Waals surface area contributed by atoms with E-state index in [0.717, 1.165) is 18.6 Å². The molecule has 0 amide bonds. The largest absolute Gasteiger partial charge is 0.411 e. The molecule has 0 aromatic heterocycles. The summed E-state index contributed by atoms with van der Waals surface area (Å²) in [5, 5.41) is 21.3. The van der Waals surface area contributed by atoms with Gasteiger partial charge >= 0.3 is 0 Å². The highest BCUT2D eigenvalue weighted by molar-refractivity contribution is 5.93. The van der Waals surface area contributed by atoms with E-state index in [1.165, 1.54) is 6.42 Å². The number of hydrogen-bond donors (Lipinski definition) is 1. The van der Waals surface area contributed by atoms with Gasteiger partial charge in [-0.2, -0.15) is 5.26 Å². The standard InChI is InChI=1S/C11H16N2O/c1-10(5-6-12)8-3-4-11(10,2)9(7-8)13-14/h8,14H,3-5,7H2,1-2H3/b13-9+. The van der Waals surface area contributed by atoms with Crippen molar-refractivity contribution in [2.24, 2.45) is 21.9 Å². The van der Waals surface area contributed by atoms with Crippen LogP contribution in [-0.4, -0.2) is 10.9 Å². The smallest absolute Gasteiger partial charge is 0.0638 e. The van der Waals surface area contributed by atoms with Crippen molar-refractivity contribution in [3.05, 3.63) is 0 Å². The second-order valence-corrected chi connectivity index (χ2v) is 5.07. The van der Waals surface area contributed by atoms with Crippen LogP contribution in [0.1, 0.15) is 39.5 Å². The van der Waals surface area contributed by atoms with Gasteiger partial charge in [-0.1, -0.05) is 19.0 Å². The number of fused-ring (bicyclic) bond motifs is 2. The molecule has 76 valence electrons. The molecule has 3 unspecified atom stereocenters. The van der Waals surface area contributed by atoms with E-state index in [1.807, 2.05) is 0 Å². The molecule has 0 aromatic carbocycles. The molecule has 0 radical (unpaired) electrons. The maximum absolute atomic E-state index is 8.96. The molecule has 0 saturated heterocycles. The van der Waals surface area contributed by atoms with Crippen LogP contribution in [0.4, 0.5) is 0 Å². The predicted octanol–water partition coefficient (Wildman–Crippen LogP) is 2.56. The molecule has 0 spiro atoms. The fourth-order valence-corrected chi connectivity index (χ4v) is 3.43. The van der Waals surface area contributed by atoms with Gasteiger partial charge in [0.2, 0.25) is 0 Å². The molecular formula is C11H16N2O. The van der Waals surface area contributed by atoms with Crippen LogP contribution in [0.15, 0.2) is 5.16 Å². The molecule has 2 rings (SSSR count). The number of nitrogens with zero attached hydrogens (tertiary/aromatic N) is 2. The van der Waals surface area contributed by atoms with Crippen molar-refractivity contribution < 1.29 is 5.21 Å². The first-order valence-corrected chi connectivity index (χ1v) is 5.17. The van der Waals surface area contributed by atoms with Crippen molar-refractivity contribution in [3.63, 3.8) is 0 Å². The first-order chi connectivity index (χ1) is 6.58. The molecule has 1 N–H and O–H groups in total. The lowest BCUT2D eigenvalue weighted by Crippen LogP contribution is -2.34. The fraction of sp³-hybridized carbons (Fsp3) is 0.818. The minimum atomic E-state index is -0.0395. The number of nitriles is 1. The van der Waals surface area contributed by atoms with Crippen LogP contribution in [0, 0.1) is 28.1 Å². The highest BCUT2D eigenvalue weighted by Crippen LogP contribution is 2.65. The molecule has 2 aliphatic carbocycles. The molecule has 14 heavy (non-hydrogen) atoms. The van der Waals surface area contributed by atoms with Crippen molar-refractivity contribution in [3.8, 4) is 6.07 Å². The van der Waals surface area contributed by atoms with Crippen LogP contribution < -0.4 is 0 Å². The first kappa shape index (κ1) is 9.51. The van der Waals surface area contributed by atoms with Crippen LogP contribution in [0.25, 0.3) is 0 Å². The monoisotopic (exact) mass is 192 g/mol. The summed E-state index contributed by atoms with van der Waals surface area (Å²) in [4.78, 5) is 0. The third-order valence-corrected chi connectivity index (χ3v) is 4.80. The van der Waals surface area contributed by atoms with Crippen LogP contribution in [-0.2, 0) is 0 Å². The molecule has 0 aromatic rings. The Bertz CT molecular complexity index is 331. The van der Waals surface area contributed by atoms with Gasteiger partial charge in [-0.05, 0) is 30.6 Å². The summed E-state index contributed by atoms with van der Waals surface area (Å²) in [7, 11) is 0. The molecule has 2 saturated carbocycles. The van der Waals surface area contributed by atoms with Gasteiger partial charge in [-0.3, -0.25) is 0 Å². The molecule has 0 aliphatic heterocycles. The Morgan fingerprint density at radius 1 is 1.64 bits per heavy atom. The van der Waals surface area contributed by atoms with E-state index < -0.39 is 0 Å². The summed E-state index contributed by atoms with van der Waals surface area (Å²) in [6.07, 6.45) is 3.70. The lowest BCUT2D eigenvalue weighted by atomic mass is 9.67. The molecule has 2 bridgehead atoms. The Morgan fingerprint density at radius 3 is 2.86 bits per heavy atom. The molecule has 2 aliphatic rings. The average Bonchev–Trinajstić information content (AvgIpc) is 2.51. The highest BCUT2D eigenvalue weighted by Gasteiger charge is 2.62. The SMILES string of the molecule is CC12CCC(C/C1=N\O)C2(C)CC#N. The minimum absolute atomic E-state index is 0.0311. The van der Waals surface area contributed by atoms with Crippen molar-refractivity contribution in [1.29, 1.82) is 5.26 Å². The second-order valence-electron chi connectivity index (χ2n) is 5.07. The summed E-state index contributed by atoms with van der Waals surface area (Å²) in [6.45, 7) is 4.32. The van der Waals surface area contributed by atoms with Crippen LogP contribution in [0.5, 0.6) is 0 Å². The molecule has 2 fully saturated rings. The van der Waals surface area contributed by atoms with Crippen LogP contribution >= 0.6 is 0 Å². The van der Waals surface area contributed by atoms with E-state index in [2.05, 4.69) is 25.1 Å². The quantitative estimate of drug-likeness (QED) is 0.512. The first-order valence-electron chi connectivity index (χ1n) is 5.17. The van der Waals surface area contributed by atoms with Gasteiger partial charge < -0.3 is 5.21 Å². The van der Waals surface area contributed by atoms with Gasteiger partial charge in [0.25, 0.3) is 0 Å². The lowest BCUT2D eigenvalue weighted by molar-refractivity contribution is 0.168. The van der Waals surface area contributed by atoms with Crippen LogP contribution in [0.2, 0.25) is 0 Å². The minimum Gasteiger partial charge on any atom is -0.411 e.